The van der Waals surface area contributed by atoms with Crippen LogP contribution < -0.4 is 0 Å². The predicted molar refractivity (Wildman–Crippen MR) is 53.4 cm³/mol. The summed E-state index contributed by atoms with van der Waals surface area (Å²) in [6.07, 6.45) is 4.74. The highest BCUT2D eigenvalue weighted by atomic mass is 32.2. The number of fused-ring (bicyclic) bond motifs is 2. The van der Waals surface area contributed by atoms with Crippen LogP contribution in [0.1, 0.15) is 39.5 Å². The second-order valence-corrected chi connectivity index (χ2v) is 6.23. The van der Waals surface area contributed by atoms with Crippen LogP contribution in [-0.2, 0) is 0 Å². The first-order chi connectivity index (χ1) is 5.60. The molecule has 1 nitrogen and oxygen atoms in total. The number of rotatable bonds is 1. The van der Waals surface area contributed by atoms with Crippen molar-refractivity contribution < 1.29 is 5.11 Å². The Morgan fingerprint density at radius 2 is 1.75 bits per heavy atom. The molecule has 0 spiro atoms. The van der Waals surface area contributed by atoms with Crippen molar-refractivity contribution in [2.75, 3.05) is 0 Å². The zero-order valence-corrected chi connectivity index (χ0v) is 8.73. The first-order valence-electron chi connectivity index (χ1n) is 4.98. The van der Waals surface area contributed by atoms with Gasteiger partial charge in [0.05, 0.1) is 5.60 Å². The van der Waals surface area contributed by atoms with Gasteiger partial charge in [-0.1, -0.05) is 13.8 Å². The molecule has 0 aromatic heterocycles. The fourth-order valence-corrected chi connectivity index (χ4v) is 4.28. The average molecular weight is 186 g/mol. The fourth-order valence-electron chi connectivity index (χ4n) is 2.42. The zero-order chi connectivity index (χ0) is 8.77. The molecule has 0 radical (unpaired) electrons. The standard InChI is InChI=1S/C10H18OS/c1-7(2)10(11)5-8-3-4-9(6-10)12-8/h7-9,11H,3-6H2,1-2H3. The number of thioether (sulfide) groups is 1. The molecule has 0 aromatic carbocycles. The van der Waals surface area contributed by atoms with Gasteiger partial charge in [-0.3, -0.25) is 0 Å². The van der Waals surface area contributed by atoms with Gasteiger partial charge in [0, 0.05) is 10.5 Å². The highest BCUT2D eigenvalue weighted by molar-refractivity contribution is 8.00. The Morgan fingerprint density at radius 1 is 1.25 bits per heavy atom. The molecule has 2 heterocycles. The lowest BCUT2D eigenvalue weighted by Crippen LogP contribution is -2.41. The number of hydrogen-bond donors (Lipinski definition) is 1. The van der Waals surface area contributed by atoms with Crippen molar-refractivity contribution in [3.05, 3.63) is 0 Å². The molecule has 0 aliphatic carbocycles. The first-order valence-corrected chi connectivity index (χ1v) is 5.92. The van der Waals surface area contributed by atoms with Gasteiger partial charge in [-0.2, -0.15) is 11.8 Å². The molecule has 12 heavy (non-hydrogen) atoms. The predicted octanol–water partition coefficient (Wildman–Crippen LogP) is 2.43. The molecular formula is C10H18OS. The smallest absolute Gasteiger partial charge is 0.0691 e. The van der Waals surface area contributed by atoms with Gasteiger partial charge in [-0.05, 0) is 31.6 Å². The monoisotopic (exact) mass is 186 g/mol. The van der Waals surface area contributed by atoms with E-state index in [0.29, 0.717) is 5.92 Å². The second kappa shape index (κ2) is 2.91. The van der Waals surface area contributed by atoms with E-state index in [1.807, 2.05) is 0 Å². The summed E-state index contributed by atoms with van der Waals surface area (Å²) in [6, 6.07) is 0. The summed E-state index contributed by atoms with van der Waals surface area (Å²) in [6.45, 7) is 4.30. The minimum absolute atomic E-state index is 0.336. The molecular weight excluding hydrogens is 168 g/mol. The minimum atomic E-state index is -0.336. The maximum atomic E-state index is 10.3. The summed E-state index contributed by atoms with van der Waals surface area (Å²) in [5, 5.41) is 11.8. The molecule has 0 amide bonds. The topological polar surface area (TPSA) is 20.2 Å². The molecule has 2 aliphatic heterocycles. The molecule has 70 valence electrons. The molecule has 0 aromatic rings. The Kier molecular flexibility index (Phi) is 2.16. The fraction of sp³-hybridized carbons (Fsp3) is 1.00. The number of aliphatic hydroxyl groups is 1. The van der Waals surface area contributed by atoms with Crippen molar-refractivity contribution >= 4 is 11.8 Å². The van der Waals surface area contributed by atoms with Gasteiger partial charge < -0.3 is 5.11 Å². The van der Waals surface area contributed by atoms with Crippen molar-refractivity contribution in [2.24, 2.45) is 5.92 Å². The molecule has 1 N–H and O–H groups in total. The lowest BCUT2D eigenvalue weighted by molar-refractivity contribution is -0.0196. The Labute approximate surface area is 78.9 Å². The maximum absolute atomic E-state index is 10.3. The summed E-state index contributed by atoms with van der Waals surface area (Å²) in [7, 11) is 0. The molecule has 0 saturated carbocycles. The molecule has 2 bridgehead atoms. The summed E-state index contributed by atoms with van der Waals surface area (Å²) in [5.41, 5.74) is -0.336. The highest BCUT2D eigenvalue weighted by Crippen LogP contribution is 2.49. The Hall–Kier alpha value is 0.310. The Bertz CT molecular complexity index is 167. The second-order valence-electron chi connectivity index (χ2n) is 4.62. The summed E-state index contributed by atoms with van der Waals surface area (Å²) in [4.78, 5) is 0. The van der Waals surface area contributed by atoms with E-state index in [-0.39, 0.29) is 5.60 Å². The quantitative estimate of drug-likeness (QED) is 0.678. The van der Waals surface area contributed by atoms with Gasteiger partial charge in [-0.25, -0.2) is 0 Å². The van der Waals surface area contributed by atoms with E-state index >= 15 is 0 Å². The van der Waals surface area contributed by atoms with E-state index in [1.54, 1.807) is 0 Å². The van der Waals surface area contributed by atoms with Gasteiger partial charge in [0.15, 0.2) is 0 Å². The van der Waals surface area contributed by atoms with Crippen molar-refractivity contribution in [3.8, 4) is 0 Å². The van der Waals surface area contributed by atoms with Gasteiger partial charge in [-0.15, -0.1) is 0 Å². The van der Waals surface area contributed by atoms with Gasteiger partial charge in [0.2, 0.25) is 0 Å². The van der Waals surface area contributed by atoms with E-state index in [2.05, 4.69) is 25.6 Å². The van der Waals surface area contributed by atoms with Crippen molar-refractivity contribution in [3.63, 3.8) is 0 Å². The van der Waals surface area contributed by atoms with Crippen LogP contribution in [0.4, 0.5) is 0 Å². The van der Waals surface area contributed by atoms with Crippen LogP contribution in [0.25, 0.3) is 0 Å². The average Bonchev–Trinajstić information content (AvgIpc) is 2.30. The lowest BCUT2D eigenvalue weighted by atomic mass is 9.83. The van der Waals surface area contributed by atoms with Crippen LogP contribution in [-0.4, -0.2) is 21.2 Å². The third-order valence-corrected chi connectivity index (χ3v) is 5.01. The van der Waals surface area contributed by atoms with Crippen LogP contribution >= 0.6 is 11.8 Å². The van der Waals surface area contributed by atoms with Crippen LogP contribution in [0.2, 0.25) is 0 Å². The third-order valence-electron chi connectivity index (χ3n) is 3.43. The van der Waals surface area contributed by atoms with Crippen LogP contribution in [0.5, 0.6) is 0 Å². The summed E-state index contributed by atoms with van der Waals surface area (Å²) in [5.74, 6) is 0.432. The van der Waals surface area contributed by atoms with Crippen LogP contribution in [0, 0.1) is 5.92 Å². The maximum Gasteiger partial charge on any atom is 0.0691 e. The summed E-state index contributed by atoms with van der Waals surface area (Å²) < 4.78 is 0. The van der Waals surface area contributed by atoms with E-state index in [9.17, 15) is 5.11 Å². The highest BCUT2D eigenvalue weighted by Gasteiger charge is 2.44. The lowest BCUT2D eigenvalue weighted by Gasteiger charge is -2.39. The van der Waals surface area contributed by atoms with E-state index < -0.39 is 0 Å². The molecule has 2 saturated heterocycles. The summed E-state index contributed by atoms with van der Waals surface area (Å²) >= 11 is 2.11. The normalized spacial score (nSPS) is 47.0. The van der Waals surface area contributed by atoms with Crippen molar-refractivity contribution in [1.29, 1.82) is 0 Å². The van der Waals surface area contributed by atoms with E-state index in [0.717, 1.165) is 23.3 Å². The zero-order valence-electron chi connectivity index (χ0n) is 7.92. The third kappa shape index (κ3) is 1.39. The van der Waals surface area contributed by atoms with Crippen LogP contribution in [0.3, 0.4) is 0 Å². The van der Waals surface area contributed by atoms with Crippen molar-refractivity contribution in [2.45, 2.75) is 55.6 Å². The Balaban J connectivity index is 2.10. The van der Waals surface area contributed by atoms with Crippen molar-refractivity contribution in [1.82, 2.24) is 0 Å². The molecule has 2 aliphatic rings. The first kappa shape index (κ1) is 8.89. The molecule has 2 fully saturated rings. The molecule has 2 unspecified atom stereocenters. The molecule has 2 atom stereocenters. The van der Waals surface area contributed by atoms with Crippen LogP contribution in [0.15, 0.2) is 0 Å². The van der Waals surface area contributed by atoms with Gasteiger partial charge in [0.25, 0.3) is 0 Å². The largest absolute Gasteiger partial charge is 0.390 e. The van der Waals surface area contributed by atoms with Gasteiger partial charge >= 0.3 is 0 Å². The SMILES string of the molecule is CC(C)C1(O)CC2CCC(C1)S2. The van der Waals surface area contributed by atoms with E-state index in [1.165, 1.54) is 12.8 Å². The Morgan fingerprint density at radius 3 is 2.17 bits per heavy atom. The molecule has 2 rings (SSSR count). The number of hydrogen-bond acceptors (Lipinski definition) is 2. The van der Waals surface area contributed by atoms with E-state index in [4.69, 9.17) is 0 Å². The minimum Gasteiger partial charge on any atom is -0.390 e. The van der Waals surface area contributed by atoms with Gasteiger partial charge in [0.1, 0.15) is 0 Å². The molecule has 2 heteroatoms.